The predicted octanol–water partition coefficient (Wildman–Crippen LogP) is 2.09. The van der Waals surface area contributed by atoms with E-state index in [-0.39, 0.29) is 11.2 Å². The van der Waals surface area contributed by atoms with Crippen molar-refractivity contribution < 1.29 is 9.47 Å². The summed E-state index contributed by atoms with van der Waals surface area (Å²) in [5.41, 5.74) is 4.05. The average Bonchev–Trinajstić information content (AvgIpc) is 3.53. The second kappa shape index (κ2) is 12.5. The lowest BCUT2D eigenvalue weighted by Crippen LogP contribution is -2.80. The van der Waals surface area contributed by atoms with Crippen molar-refractivity contribution in [2.45, 2.75) is 83.2 Å². The molecule has 4 fully saturated rings. The van der Waals surface area contributed by atoms with Gasteiger partial charge in [0.2, 0.25) is 0 Å². The molecule has 4 saturated heterocycles. The van der Waals surface area contributed by atoms with Gasteiger partial charge in [0.05, 0.1) is 25.5 Å². The third kappa shape index (κ3) is 6.66. The van der Waals surface area contributed by atoms with Gasteiger partial charge in [-0.05, 0) is 37.5 Å². The van der Waals surface area contributed by atoms with Crippen molar-refractivity contribution in [2.24, 2.45) is 5.41 Å². The summed E-state index contributed by atoms with van der Waals surface area (Å²) in [5.74, 6) is 0.878. The van der Waals surface area contributed by atoms with Gasteiger partial charge in [-0.1, -0.05) is 27.7 Å². The summed E-state index contributed by atoms with van der Waals surface area (Å²) in [6, 6.07) is 0. The maximum absolute atomic E-state index is 6.02. The van der Waals surface area contributed by atoms with Gasteiger partial charge in [0, 0.05) is 58.2 Å². The van der Waals surface area contributed by atoms with E-state index in [2.05, 4.69) is 70.3 Å². The third-order valence-electron chi connectivity index (χ3n) is 7.39. The lowest BCUT2D eigenvalue weighted by atomic mass is 9.96. The van der Waals surface area contributed by atoms with E-state index < -0.39 is 0 Å². The van der Waals surface area contributed by atoms with Crippen molar-refractivity contribution in [3.63, 3.8) is 0 Å². The molecule has 0 aromatic rings. The van der Waals surface area contributed by atoms with E-state index in [0.29, 0.717) is 17.6 Å². The van der Waals surface area contributed by atoms with Gasteiger partial charge < -0.3 is 9.47 Å². The molecular weight excluding hydrogens is 448 g/mol. The van der Waals surface area contributed by atoms with Gasteiger partial charge in [-0.3, -0.25) is 25.9 Å². The highest BCUT2D eigenvalue weighted by Gasteiger charge is 2.52. The second-order valence-electron chi connectivity index (χ2n) is 11.5. The highest BCUT2D eigenvalue weighted by Crippen LogP contribution is 2.38. The first-order chi connectivity index (χ1) is 16.4. The molecule has 0 aliphatic carbocycles. The molecule has 0 aromatic carbocycles. The highest BCUT2D eigenvalue weighted by atomic mass is 32.2. The maximum Gasteiger partial charge on any atom is 0.152 e. The fourth-order valence-electron chi connectivity index (χ4n) is 5.89. The standard InChI is InChI=1S/C25H50N6O2S/c1-5-10-28-31(20-24(2,3)4)22-9-6-12-30(22)23-25(26-11-18-34-23,29-13-16-32-17-14-29)27-19-21-8-7-15-33-21/h21-23,26-28H,5-20H2,1-4H3. The van der Waals surface area contributed by atoms with E-state index in [1.165, 1.54) is 19.3 Å². The van der Waals surface area contributed by atoms with Crippen LogP contribution in [0, 0.1) is 5.41 Å². The highest BCUT2D eigenvalue weighted by molar-refractivity contribution is 8.00. The van der Waals surface area contributed by atoms with Crippen LogP contribution in [0.5, 0.6) is 0 Å². The molecule has 0 amide bonds. The molecule has 8 nitrogen and oxygen atoms in total. The molecule has 0 radical (unpaired) electrons. The number of nitrogens with one attached hydrogen (secondary N) is 3. The van der Waals surface area contributed by atoms with Gasteiger partial charge in [0.15, 0.2) is 5.79 Å². The summed E-state index contributed by atoms with van der Waals surface area (Å²) in [4.78, 5) is 5.43. The van der Waals surface area contributed by atoms with Crippen LogP contribution >= 0.6 is 11.8 Å². The van der Waals surface area contributed by atoms with Gasteiger partial charge >= 0.3 is 0 Å². The molecular formula is C25H50N6O2S. The number of hydrogen-bond donors (Lipinski definition) is 3. The summed E-state index contributed by atoms with van der Waals surface area (Å²) >= 11 is 2.13. The second-order valence-corrected chi connectivity index (χ2v) is 12.7. The van der Waals surface area contributed by atoms with E-state index >= 15 is 0 Å². The van der Waals surface area contributed by atoms with Crippen molar-refractivity contribution in [3.05, 3.63) is 0 Å². The number of hydrazine groups is 1. The average molecular weight is 499 g/mol. The fourth-order valence-corrected chi connectivity index (χ4v) is 7.33. The molecule has 4 rings (SSSR count). The molecule has 0 bridgehead atoms. The van der Waals surface area contributed by atoms with Crippen LogP contribution < -0.4 is 16.1 Å². The number of hydrogen-bond acceptors (Lipinski definition) is 9. The topological polar surface area (TPSA) is 64.3 Å². The van der Waals surface area contributed by atoms with Gasteiger partial charge in [0.1, 0.15) is 5.37 Å². The Morgan fingerprint density at radius 2 is 1.94 bits per heavy atom. The monoisotopic (exact) mass is 498 g/mol. The van der Waals surface area contributed by atoms with Gasteiger partial charge in [0.25, 0.3) is 0 Å². The molecule has 34 heavy (non-hydrogen) atoms. The minimum atomic E-state index is -0.264. The van der Waals surface area contributed by atoms with Crippen molar-refractivity contribution >= 4 is 11.8 Å². The summed E-state index contributed by atoms with van der Waals surface area (Å²) < 4.78 is 11.8. The van der Waals surface area contributed by atoms with Crippen LogP contribution in [0.15, 0.2) is 0 Å². The van der Waals surface area contributed by atoms with Crippen molar-refractivity contribution in [3.8, 4) is 0 Å². The first-order valence-corrected chi connectivity index (χ1v) is 14.8. The first kappa shape index (κ1) is 27.1. The number of thioether (sulfide) groups is 1. The van der Waals surface area contributed by atoms with Crippen LogP contribution in [-0.2, 0) is 9.47 Å². The van der Waals surface area contributed by atoms with E-state index in [9.17, 15) is 0 Å². The van der Waals surface area contributed by atoms with Crippen molar-refractivity contribution in [1.82, 2.24) is 30.9 Å². The van der Waals surface area contributed by atoms with E-state index in [1.807, 2.05) is 0 Å². The largest absolute Gasteiger partial charge is 0.379 e. The fraction of sp³-hybridized carbons (Fsp3) is 1.00. The Hall–Kier alpha value is 0.0300. The summed E-state index contributed by atoms with van der Waals surface area (Å²) in [6.45, 7) is 18.9. The Morgan fingerprint density at radius 3 is 2.65 bits per heavy atom. The molecule has 3 N–H and O–H groups in total. The van der Waals surface area contributed by atoms with E-state index in [1.54, 1.807) is 0 Å². The van der Waals surface area contributed by atoms with Gasteiger partial charge in [-0.15, -0.1) is 11.8 Å². The normalized spacial score (nSPS) is 34.3. The molecule has 4 aliphatic rings. The molecule has 9 heteroatoms. The minimum absolute atomic E-state index is 0.242. The number of likely N-dealkylation sites (tertiary alicyclic amines) is 1. The van der Waals surface area contributed by atoms with E-state index in [4.69, 9.17) is 9.47 Å². The third-order valence-corrected chi connectivity index (χ3v) is 8.76. The summed E-state index contributed by atoms with van der Waals surface area (Å²) in [6.07, 6.45) is 6.69. The van der Waals surface area contributed by atoms with Gasteiger partial charge in [-0.2, -0.15) is 0 Å². The van der Waals surface area contributed by atoms with Crippen molar-refractivity contribution in [1.29, 1.82) is 0 Å². The SMILES string of the molecule is CCCNN(CC(C)(C)C)C1CCCN1C1SCCNC1(NCC1CCCO1)N1CCOCC1. The van der Waals surface area contributed by atoms with Crippen LogP contribution in [0.1, 0.15) is 59.8 Å². The zero-order chi connectivity index (χ0) is 24.0. The number of morpholine rings is 1. The Kier molecular flexibility index (Phi) is 9.97. The lowest BCUT2D eigenvalue weighted by Gasteiger charge is -2.56. The molecule has 0 aromatic heterocycles. The molecule has 0 spiro atoms. The number of ether oxygens (including phenoxy) is 2. The number of nitrogens with zero attached hydrogens (tertiary/aromatic N) is 3. The zero-order valence-electron chi connectivity index (χ0n) is 22.1. The number of rotatable bonds is 10. The Balaban J connectivity index is 1.59. The van der Waals surface area contributed by atoms with Crippen LogP contribution in [0.25, 0.3) is 0 Å². The van der Waals surface area contributed by atoms with E-state index in [0.717, 1.165) is 84.2 Å². The minimum Gasteiger partial charge on any atom is -0.379 e. The molecule has 4 aliphatic heterocycles. The molecule has 198 valence electrons. The lowest BCUT2D eigenvalue weighted by molar-refractivity contribution is -0.0987. The Morgan fingerprint density at radius 1 is 1.12 bits per heavy atom. The molecule has 4 atom stereocenters. The Bertz CT molecular complexity index is 611. The van der Waals surface area contributed by atoms with Crippen LogP contribution in [0.4, 0.5) is 0 Å². The zero-order valence-corrected chi connectivity index (χ0v) is 22.9. The maximum atomic E-state index is 6.02. The molecule has 4 heterocycles. The van der Waals surface area contributed by atoms with Crippen LogP contribution in [0.2, 0.25) is 0 Å². The summed E-state index contributed by atoms with van der Waals surface area (Å²) in [5, 5.41) is 11.0. The molecule has 4 unspecified atom stereocenters. The van der Waals surface area contributed by atoms with Crippen molar-refractivity contribution in [2.75, 3.05) is 71.4 Å². The van der Waals surface area contributed by atoms with Crippen LogP contribution in [-0.4, -0.2) is 110 Å². The first-order valence-electron chi connectivity index (χ1n) is 13.7. The van der Waals surface area contributed by atoms with Gasteiger partial charge in [-0.25, -0.2) is 5.01 Å². The predicted molar refractivity (Wildman–Crippen MR) is 141 cm³/mol. The van der Waals surface area contributed by atoms with Crippen LogP contribution in [0.3, 0.4) is 0 Å². The summed E-state index contributed by atoms with van der Waals surface area (Å²) in [7, 11) is 0. The molecule has 0 saturated carbocycles. The smallest absolute Gasteiger partial charge is 0.152 e. The quantitative estimate of drug-likeness (QED) is 0.393. The Labute approximate surface area is 212 Å².